The van der Waals surface area contributed by atoms with Crippen LogP contribution in [-0.4, -0.2) is 184 Å². The minimum Gasteiger partial charge on any atom is -0.476 e. The van der Waals surface area contributed by atoms with Crippen LogP contribution in [-0.2, 0) is 65.5 Å². The fourth-order valence-electron chi connectivity index (χ4n) is 15.4. The lowest BCUT2D eigenvalue weighted by Gasteiger charge is -2.50. The van der Waals surface area contributed by atoms with Crippen LogP contribution in [0, 0.1) is 32.1 Å². The van der Waals surface area contributed by atoms with Crippen molar-refractivity contribution in [1.82, 2.24) is 58.4 Å². The van der Waals surface area contributed by atoms with Crippen LogP contribution < -0.4 is 20.1 Å². The molecule has 0 spiro atoms. The average molecular weight is 1730 g/mol. The summed E-state index contributed by atoms with van der Waals surface area (Å²) < 4.78 is 80.6. The van der Waals surface area contributed by atoms with Crippen molar-refractivity contribution in [2.24, 2.45) is 11.8 Å². The standard InChI is InChI=1S/C84H87N15O16P2.C6H15N/c1-57(2)77(100)89-81-87-75-73(79(91-81)109-47-45-59-37-41-67(42-38-59)98(102)103)85-55-96(75)71-51-94(83(61-25-13-7-14-26-61,62-27-15-8-16-28-62)63-29-17-9-18-30-63)49-69(113-71)53-111-116(106,93(5)6)115-117(107,108)112-54-70-50-95(84(64-31-19-10-20-32-64,65-33-21-11-22-34-65)66-35-23-12-24-36-66)52-72(114-70)97-56-86-74-76(97)88-82(90-78(101)58(3)4)92-80(74)110-48-46-60-39-43-68(44-40-60)99(104)105;1-4-7(5-2)6-3/h7-44,55-58,69-72H,45-54H2,1-6H3,(H,107,108)(H,87,89,91,100)(H,88,90,92,101);4-6H2,1-3H3/t69-,70-,71+,72+,116?;/m0./s1. The molecule has 14 rings (SSSR count). The molecule has 6 heterocycles. The molecule has 2 amide bonds. The highest BCUT2D eigenvalue weighted by Gasteiger charge is 2.51. The zero-order valence-electron chi connectivity index (χ0n) is 70.5. The van der Waals surface area contributed by atoms with Gasteiger partial charge in [0.05, 0.1) is 72.2 Å². The second-order valence-electron chi connectivity index (χ2n) is 30.6. The summed E-state index contributed by atoms with van der Waals surface area (Å²) in [6.07, 6.45) is -0.659. The number of ether oxygens (including phenoxy) is 4. The van der Waals surface area contributed by atoms with Crippen molar-refractivity contribution in [3.8, 4) is 11.8 Å². The third-order valence-corrected chi connectivity index (χ3v) is 25.3. The molecule has 4 aromatic heterocycles. The van der Waals surface area contributed by atoms with Crippen molar-refractivity contribution in [1.29, 1.82) is 0 Å². The summed E-state index contributed by atoms with van der Waals surface area (Å²) in [5.74, 6) is -1.89. The van der Waals surface area contributed by atoms with Gasteiger partial charge in [-0.15, -0.1) is 0 Å². The molecule has 2 saturated heterocycles. The van der Waals surface area contributed by atoms with Crippen molar-refractivity contribution < 1.29 is 65.8 Å². The molecule has 34 heteroatoms. The first-order chi connectivity index (χ1) is 59.8. The maximum atomic E-state index is 15.8. The molecule has 2 aliphatic rings. The molecule has 0 radical (unpaired) electrons. The van der Waals surface area contributed by atoms with E-state index in [-0.39, 0.29) is 109 Å². The number of aromatic nitrogens is 8. The lowest BCUT2D eigenvalue weighted by Crippen LogP contribution is -2.57. The molecule has 2 unspecified atom stereocenters. The molecular weight excluding hydrogens is 1620 g/mol. The van der Waals surface area contributed by atoms with Gasteiger partial charge in [-0.3, -0.25) is 68.4 Å². The SMILES string of the molecule is CC(C)C(=O)Nc1nc(OCCc2ccc([N+](=O)[O-])cc2)c2ncn([C@H]3CN(C(c4ccccc4)(c4ccccc4)c4ccccc4)C[C@@H](COP(=O)(O)OP(=O)(OC[C@@H]4CN(C(c5ccccc5)(c5ccccc5)c5ccccc5)C[C@H](n5cnc6c(OCCc7ccc([N+](=O)[O-])cc7)nc(NC(=O)C(C)C)nc65)O4)N(C)C)O3)c2n1.CCN(CC)CC. The summed E-state index contributed by atoms with van der Waals surface area (Å²) >= 11 is 0. The number of nitro benzene ring substituents is 2. The van der Waals surface area contributed by atoms with Gasteiger partial charge in [0, 0.05) is 75.1 Å². The molecule has 648 valence electrons. The Kier molecular flexibility index (Phi) is 29.6. The largest absolute Gasteiger partial charge is 0.480 e. The number of nitro groups is 2. The molecule has 32 nitrogen and oxygen atoms in total. The Hall–Kier alpha value is -11.7. The molecule has 124 heavy (non-hydrogen) atoms. The van der Waals surface area contributed by atoms with E-state index in [2.05, 4.69) is 56.1 Å². The van der Waals surface area contributed by atoms with E-state index < -0.39 is 86.2 Å². The van der Waals surface area contributed by atoms with E-state index in [4.69, 9.17) is 52.2 Å². The predicted octanol–water partition coefficient (Wildman–Crippen LogP) is 15.5. The number of phosphoric acid groups is 1. The fourth-order valence-corrected chi connectivity index (χ4v) is 18.3. The third kappa shape index (κ3) is 20.7. The highest BCUT2D eigenvalue weighted by molar-refractivity contribution is 7.63. The lowest BCUT2D eigenvalue weighted by molar-refractivity contribution is -0.385. The van der Waals surface area contributed by atoms with Gasteiger partial charge in [0.15, 0.2) is 22.3 Å². The molecule has 6 atom stereocenters. The number of benzene rings is 8. The molecule has 3 N–H and O–H groups in total. The number of nitrogens with one attached hydrogen (secondary N) is 2. The van der Waals surface area contributed by atoms with Crippen LogP contribution in [0.2, 0.25) is 0 Å². The van der Waals surface area contributed by atoms with E-state index in [1.807, 2.05) is 182 Å². The van der Waals surface area contributed by atoms with Gasteiger partial charge < -0.3 is 28.7 Å². The molecule has 0 aliphatic carbocycles. The minimum atomic E-state index is -5.53. The monoisotopic (exact) mass is 1720 g/mol. The van der Waals surface area contributed by atoms with Gasteiger partial charge in [-0.1, -0.05) is 255 Å². The van der Waals surface area contributed by atoms with E-state index >= 15 is 9.13 Å². The molecule has 0 saturated carbocycles. The van der Waals surface area contributed by atoms with E-state index in [9.17, 15) is 34.7 Å². The summed E-state index contributed by atoms with van der Waals surface area (Å²) in [5, 5.41) is 28.6. The Balaban J connectivity index is 0.00000181. The number of nitrogens with zero attached hydrogens (tertiary/aromatic N) is 14. The van der Waals surface area contributed by atoms with E-state index in [1.54, 1.807) is 61.1 Å². The number of hydrogen-bond donors (Lipinski definition) is 3. The van der Waals surface area contributed by atoms with Crippen LogP contribution in [0.1, 0.15) is 105 Å². The van der Waals surface area contributed by atoms with Crippen molar-refractivity contribution in [2.45, 2.75) is 97.0 Å². The van der Waals surface area contributed by atoms with Crippen LogP contribution in [0.25, 0.3) is 22.3 Å². The number of fused-ring (bicyclic) bond motifs is 2. The summed E-state index contributed by atoms with van der Waals surface area (Å²) in [4.78, 5) is 96.7. The van der Waals surface area contributed by atoms with Crippen LogP contribution >= 0.6 is 15.6 Å². The zero-order valence-corrected chi connectivity index (χ0v) is 72.3. The van der Waals surface area contributed by atoms with Crippen LogP contribution in [0.4, 0.5) is 23.3 Å². The van der Waals surface area contributed by atoms with Crippen LogP contribution in [0.3, 0.4) is 0 Å². The van der Waals surface area contributed by atoms with Gasteiger partial charge in [-0.2, -0.15) is 24.2 Å². The average Bonchev–Trinajstić information content (AvgIpc) is 0.853. The second-order valence-corrected chi connectivity index (χ2v) is 34.5. The number of rotatable bonds is 36. The highest BCUT2D eigenvalue weighted by atomic mass is 31.3. The zero-order chi connectivity index (χ0) is 87.7. The maximum absolute atomic E-state index is 15.8. The number of hydrogen-bond acceptors (Lipinski definition) is 24. The van der Waals surface area contributed by atoms with Gasteiger partial charge >= 0.3 is 15.6 Å². The number of imidazole rings is 2. The smallest absolute Gasteiger partial charge is 0.476 e. The first-order valence-corrected chi connectivity index (χ1v) is 44.1. The summed E-state index contributed by atoms with van der Waals surface area (Å²) in [6.45, 7) is 16.2. The first kappa shape index (κ1) is 90.0. The Bertz CT molecular complexity index is 5480. The molecule has 2 fully saturated rings. The molecule has 0 bridgehead atoms. The van der Waals surface area contributed by atoms with Gasteiger partial charge in [0.25, 0.3) is 11.4 Å². The maximum Gasteiger partial charge on any atom is 0.480 e. The lowest BCUT2D eigenvalue weighted by atomic mass is 9.75. The number of phosphoric ester groups is 1. The van der Waals surface area contributed by atoms with Crippen molar-refractivity contribution in [3.05, 3.63) is 308 Å². The van der Waals surface area contributed by atoms with Gasteiger partial charge in [-0.05, 0) is 78.2 Å². The second kappa shape index (κ2) is 40.7. The fraction of sp³-hybridized carbons (Fsp3) is 0.333. The number of carbonyl (C=O) groups excluding carboxylic acids is 2. The topological polar surface area (TPSA) is 364 Å². The molecule has 8 aromatic carbocycles. The van der Waals surface area contributed by atoms with Crippen LogP contribution in [0.15, 0.2) is 243 Å². The predicted molar refractivity (Wildman–Crippen MR) is 469 cm³/mol. The Labute approximate surface area is 719 Å². The van der Waals surface area contributed by atoms with Gasteiger partial charge in [0.1, 0.15) is 12.5 Å². The number of morpholine rings is 2. The van der Waals surface area contributed by atoms with Gasteiger partial charge in [0.2, 0.25) is 35.5 Å². The Morgan fingerprint density at radius 1 is 0.500 bits per heavy atom. The summed E-state index contributed by atoms with van der Waals surface area (Å²) in [7, 11) is -7.73. The minimum absolute atomic E-state index is 0.0136. The normalized spacial score (nSPS) is 17.0. The molecule has 12 aromatic rings. The number of anilines is 2. The Morgan fingerprint density at radius 2 is 0.823 bits per heavy atom. The van der Waals surface area contributed by atoms with Crippen LogP contribution in [0.5, 0.6) is 11.8 Å². The number of amides is 2. The summed E-state index contributed by atoms with van der Waals surface area (Å²) in [6, 6.07) is 71.6. The quantitative estimate of drug-likeness (QED) is 0.0142. The van der Waals surface area contributed by atoms with E-state index in [0.29, 0.717) is 12.8 Å². The van der Waals surface area contributed by atoms with Crippen molar-refractivity contribution in [2.75, 3.05) is 97.0 Å². The first-order valence-electron chi connectivity index (χ1n) is 41.1. The molecular formula is C90H102N16O16P2. The van der Waals surface area contributed by atoms with Crippen molar-refractivity contribution >= 4 is 73.0 Å². The Morgan fingerprint density at radius 3 is 1.11 bits per heavy atom. The van der Waals surface area contributed by atoms with Crippen molar-refractivity contribution in [3.63, 3.8) is 0 Å². The van der Waals surface area contributed by atoms with E-state index in [0.717, 1.165) is 49.2 Å². The highest BCUT2D eigenvalue weighted by Crippen LogP contribution is 2.64. The van der Waals surface area contributed by atoms with E-state index in [1.165, 1.54) is 70.6 Å². The third-order valence-electron chi connectivity index (χ3n) is 21.8. The summed E-state index contributed by atoms with van der Waals surface area (Å²) in [5.41, 5.74) is 5.06. The number of non-ortho nitro benzene ring substituents is 2. The molecule has 2 aliphatic heterocycles. The van der Waals surface area contributed by atoms with Gasteiger partial charge in [-0.25, -0.2) is 23.8 Å². The number of carbonyl (C=O) groups is 2.